The molecule has 1 atom stereocenters. The van der Waals surface area contributed by atoms with Crippen LogP contribution in [0.5, 0.6) is 0 Å². The number of rotatable bonds is 4. The topological polar surface area (TPSA) is 61.8 Å². The Hall–Kier alpha value is -0.810. The van der Waals surface area contributed by atoms with Gasteiger partial charge in [-0.3, -0.25) is 0 Å². The highest BCUT2D eigenvalue weighted by atomic mass is 16.5. The first-order valence-corrected chi connectivity index (χ1v) is 5.52. The average Bonchev–Trinajstić information content (AvgIpc) is 2.29. The van der Waals surface area contributed by atoms with Crippen LogP contribution < -0.4 is 5.32 Å². The van der Waals surface area contributed by atoms with E-state index < -0.39 is 0 Å². The number of ether oxygens (including phenoxy) is 1. The van der Waals surface area contributed by atoms with Gasteiger partial charge in [-0.2, -0.15) is 0 Å². The van der Waals surface area contributed by atoms with Gasteiger partial charge in [0.15, 0.2) is 0 Å². The van der Waals surface area contributed by atoms with Crippen molar-refractivity contribution in [2.45, 2.75) is 25.9 Å². The smallest absolute Gasteiger partial charge is 0.317 e. The lowest BCUT2D eigenvalue weighted by molar-refractivity contribution is 0.0529. The van der Waals surface area contributed by atoms with Crippen molar-refractivity contribution in [2.75, 3.05) is 32.8 Å². The van der Waals surface area contributed by atoms with Crippen molar-refractivity contribution in [3.05, 3.63) is 0 Å². The van der Waals surface area contributed by atoms with Crippen LogP contribution in [0.25, 0.3) is 0 Å². The maximum Gasteiger partial charge on any atom is 0.317 e. The van der Waals surface area contributed by atoms with E-state index in [9.17, 15) is 9.90 Å². The number of carbonyl (C=O) groups is 1. The highest BCUT2D eigenvalue weighted by Crippen LogP contribution is 1.98. The third kappa shape index (κ3) is 4.48. The zero-order valence-corrected chi connectivity index (χ0v) is 9.24. The van der Waals surface area contributed by atoms with Gasteiger partial charge in [0, 0.05) is 19.6 Å². The lowest BCUT2D eigenvalue weighted by Crippen LogP contribution is -2.46. The molecule has 0 aliphatic carbocycles. The first kappa shape index (κ1) is 12.3. The summed E-state index contributed by atoms with van der Waals surface area (Å²) in [5, 5.41) is 12.1. The monoisotopic (exact) mass is 216 g/mol. The number of carbonyl (C=O) groups excluding carboxylic acids is 1. The second-order valence-electron chi connectivity index (χ2n) is 3.68. The molecule has 88 valence electrons. The molecule has 0 saturated carbocycles. The zero-order chi connectivity index (χ0) is 11.1. The molecular weight excluding hydrogens is 196 g/mol. The van der Waals surface area contributed by atoms with E-state index in [4.69, 9.17) is 4.74 Å². The van der Waals surface area contributed by atoms with E-state index in [1.807, 2.05) is 6.92 Å². The summed E-state index contributed by atoms with van der Waals surface area (Å²) < 4.78 is 5.15. The molecule has 0 radical (unpaired) electrons. The Morgan fingerprint density at radius 1 is 1.53 bits per heavy atom. The molecule has 1 unspecified atom stereocenters. The van der Waals surface area contributed by atoms with Gasteiger partial charge in [0.2, 0.25) is 0 Å². The minimum atomic E-state index is -0.310. The fraction of sp³-hybridized carbons (Fsp3) is 0.900. The molecule has 5 heteroatoms. The van der Waals surface area contributed by atoms with Crippen LogP contribution in [0.4, 0.5) is 4.79 Å². The van der Waals surface area contributed by atoms with Crippen LogP contribution in [0.2, 0.25) is 0 Å². The Morgan fingerprint density at radius 2 is 2.20 bits per heavy atom. The van der Waals surface area contributed by atoms with Gasteiger partial charge in [-0.1, -0.05) is 6.92 Å². The fourth-order valence-electron chi connectivity index (χ4n) is 1.43. The summed E-state index contributed by atoms with van der Waals surface area (Å²) >= 11 is 0. The summed E-state index contributed by atoms with van der Waals surface area (Å²) in [6.07, 6.45) is 1.04. The Labute approximate surface area is 90.4 Å². The van der Waals surface area contributed by atoms with Gasteiger partial charge in [0.05, 0.1) is 19.3 Å². The van der Waals surface area contributed by atoms with Crippen LogP contribution in [0.1, 0.15) is 19.8 Å². The number of nitrogens with zero attached hydrogens (tertiary/aromatic N) is 1. The molecule has 0 bridgehead atoms. The molecular formula is C10H20N2O3. The van der Waals surface area contributed by atoms with E-state index in [1.165, 1.54) is 0 Å². The molecule has 1 fully saturated rings. The molecule has 1 aliphatic heterocycles. The van der Waals surface area contributed by atoms with E-state index in [0.29, 0.717) is 39.3 Å². The van der Waals surface area contributed by atoms with E-state index >= 15 is 0 Å². The van der Waals surface area contributed by atoms with Crippen LogP contribution in [0, 0.1) is 0 Å². The van der Waals surface area contributed by atoms with Gasteiger partial charge in [0.25, 0.3) is 0 Å². The van der Waals surface area contributed by atoms with Crippen molar-refractivity contribution >= 4 is 6.03 Å². The minimum Gasteiger partial charge on any atom is -0.393 e. The molecule has 1 saturated heterocycles. The van der Waals surface area contributed by atoms with Crippen LogP contribution in [-0.2, 0) is 4.74 Å². The van der Waals surface area contributed by atoms with Crippen LogP contribution in [-0.4, -0.2) is 55.0 Å². The number of aliphatic hydroxyl groups is 1. The Morgan fingerprint density at radius 3 is 2.80 bits per heavy atom. The van der Waals surface area contributed by atoms with Gasteiger partial charge in [0.1, 0.15) is 0 Å². The molecule has 2 N–H and O–H groups in total. The molecule has 5 nitrogen and oxygen atoms in total. The molecule has 0 aromatic heterocycles. The second kappa shape index (κ2) is 6.63. The van der Waals surface area contributed by atoms with Crippen molar-refractivity contribution in [2.24, 2.45) is 0 Å². The van der Waals surface area contributed by atoms with Gasteiger partial charge in [-0.25, -0.2) is 4.79 Å². The number of amides is 2. The number of morpholine rings is 1. The Balaban J connectivity index is 2.12. The maximum absolute atomic E-state index is 11.5. The van der Waals surface area contributed by atoms with Gasteiger partial charge in [-0.15, -0.1) is 0 Å². The average molecular weight is 216 g/mol. The quantitative estimate of drug-likeness (QED) is 0.705. The van der Waals surface area contributed by atoms with Crippen molar-refractivity contribution in [3.63, 3.8) is 0 Å². The third-order valence-electron chi connectivity index (χ3n) is 2.52. The predicted octanol–water partition coefficient (Wildman–Crippen LogP) is 0.189. The number of nitrogens with one attached hydrogen (secondary N) is 1. The molecule has 0 aromatic rings. The highest BCUT2D eigenvalue weighted by Gasteiger charge is 2.15. The van der Waals surface area contributed by atoms with Crippen LogP contribution >= 0.6 is 0 Å². The summed E-state index contributed by atoms with van der Waals surface area (Å²) in [6, 6.07) is -0.0541. The van der Waals surface area contributed by atoms with E-state index in [2.05, 4.69) is 5.32 Å². The predicted molar refractivity (Wildman–Crippen MR) is 56.7 cm³/mol. The molecule has 1 heterocycles. The van der Waals surface area contributed by atoms with Crippen molar-refractivity contribution < 1.29 is 14.6 Å². The molecule has 1 aliphatic rings. The van der Waals surface area contributed by atoms with E-state index in [0.717, 1.165) is 6.42 Å². The molecule has 15 heavy (non-hydrogen) atoms. The number of aliphatic hydroxyl groups excluding tert-OH is 1. The summed E-state index contributed by atoms with van der Waals surface area (Å²) in [5.41, 5.74) is 0. The first-order valence-electron chi connectivity index (χ1n) is 5.52. The highest BCUT2D eigenvalue weighted by molar-refractivity contribution is 5.74. The SMILES string of the molecule is CCC(O)CCNC(=O)N1CCOCC1. The van der Waals surface area contributed by atoms with E-state index in [1.54, 1.807) is 4.90 Å². The van der Waals surface area contributed by atoms with Gasteiger partial charge >= 0.3 is 6.03 Å². The van der Waals surface area contributed by atoms with Crippen molar-refractivity contribution in [1.82, 2.24) is 10.2 Å². The summed E-state index contributed by atoms with van der Waals surface area (Å²) in [6.45, 7) is 5.00. The molecule has 0 aromatic carbocycles. The largest absolute Gasteiger partial charge is 0.393 e. The zero-order valence-electron chi connectivity index (χ0n) is 9.24. The molecule has 0 spiro atoms. The normalized spacial score (nSPS) is 18.7. The molecule has 1 rings (SSSR count). The third-order valence-corrected chi connectivity index (χ3v) is 2.52. The first-order chi connectivity index (χ1) is 7.24. The standard InChI is InChI=1S/C10H20N2O3/c1-2-9(13)3-4-11-10(14)12-5-7-15-8-6-12/h9,13H,2-8H2,1H3,(H,11,14). The summed E-state index contributed by atoms with van der Waals surface area (Å²) in [4.78, 5) is 13.3. The van der Waals surface area contributed by atoms with Crippen LogP contribution in [0.3, 0.4) is 0 Å². The second-order valence-corrected chi connectivity index (χ2v) is 3.68. The van der Waals surface area contributed by atoms with Crippen molar-refractivity contribution in [1.29, 1.82) is 0 Å². The van der Waals surface area contributed by atoms with Crippen molar-refractivity contribution in [3.8, 4) is 0 Å². The van der Waals surface area contributed by atoms with Gasteiger partial charge in [-0.05, 0) is 12.8 Å². The lowest BCUT2D eigenvalue weighted by atomic mass is 10.2. The minimum absolute atomic E-state index is 0.0541. The fourth-order valence-corrected chi connectivity index (χ4v) is 1.43. The Bertz CT molecular complexity index is 193. The maximum atomic E-state index is 11.5. The van der Waals surface area contributed by atoms with Gasteiger partial charge < -0.3 is 20.1 Å². The number of urea groups is 1. The molecule has 2 amide bonds. The Kier molecular flexibility index (Phi) is 5.42. The van der Waals surface area contributed by atoms with E-state index in [-0.39, 0.29) is 12.1 Å². The number of hydrogen-bond acceptors (Lipinski definition) is 3. The summed E-state index contributed by atoms with van der Waals surface area (Å²) in [5.74, 6) is 0. The lowest BCUT2D eigenvalue weighted by Gasteiger charge is -2.27. The number of hydrogen-bond donors (Lipinski definition) is 2. The summed E-state index contributed by atoms with van der Waals surface area (Å²) in [7, 11) is 0. The van der Waals surface area contributed by atoms with Crippen LogP contribution in [0.15, 0.2) is 0 Å².